The SMILES string of the molecule is COC(=O)[C@]1(C#N)CC(C)=C(CO)[C@H]1C(C)C. The first-order chi connectivity index (χ1) is 7.94. The number of esters is 1. The fourth-order valence-electron chi connectivity index (χ4n) is 2.95. The molecule has 0 heterocycles. The molecule has 0 aromatic carbocycles. The van der Waals surface area contributed by atoms with Crippen molar-refractivity contribution in [3.63, 3.8) is 0 Å². The summed E-state index contributed by atoms with van der Waals surface area (Å²) in [7, 11) is 1.30. The summed E-state index contributed by atoms with van der Waals surface area (Å²) in [6, 6.07) is 2.13. The van der Waals surface area contributed by atoms with Gasteiger partial charge in [-0.1, -0.05) is 19.4 Å². The molecule has 0 aromatic rings. The normalized spacial score (nSPS) is 28.4. The highest BCUT2D eigenvalue weighted by atomic mass is 16.5. The lowest BCUT2D eigenvalue weighted by atomic mass is 9.71. The van der Waals surface area contributed by atoms with Gasteiger partial charge in [-0.2, -0.15) is 5.26 Å². The van der Waals surface area contributed by atoms with Crippen LogP contribution in [0.15, 0.2) is 11.1 Å². The van der Waals surface area contributed by atoms with Crippen molar-refractivity contribution in [2.75, 3.05) is 13.7 Å². The van der Waals surface area contributed by atoms with Gasteiger partial charge in [-0.15, -0.1) is 0 Å². The number of nitrogens with zero attached hydrogens (tertiary/aromatic N) is 1. The highest BCUT2D eigenvalue weighted by molar-refractivity contribution is 5.82. The monoisotopic (exact) mass is 237 g/mol. The topological polar surface area (TPSA) is 70.3 Å². The van der Waals surface area contributed by atoms with Gasteiger partial charge < -0.3 is 9.84 Å². The van der Waals surface area contributed by atoms with Crippen LogP contribution in [-0.4, -0.2) is 24.8 Å². The smallest absolute Gasteiger partial charge is 0.327 e. The summed E-state index contributed by atoms with van der Waals surface area (Å²) in [4.78, 5) is 11.9. The van der Waals surface area contributed by atoms with Gasteiger partial charge in [0.15, 0.2) is 5.41 Å². The summed E-state index contributed by atoms with van der Waals surface area (Å²) >= 11 is 0. The zero-order valence-corrected chi connectivity index (χ0v) is 10.8. The molecule has 17 heavy (non-hydrogen) atoms. The van der Waals surface area contributed by atoms with E-state index in [-0.39, 0.29) is 18.4 Å². The second-order valence-electron chi connectivity index (χ2n) is 4.94. The minimum absolute atomic E-state index is 0.102. The van der Waals surface area contributed by atoms with E-state index in [9.17, 15) is 15.2 Å². The van der Waals surface area contributed by atoms with Crippen LogP contribution in [0.2, 0.25) is 0 Å². The van der Waals surface area contributed by atoms with Crippen molar-refractivity contribution in [3.8, 4) is 6.07 Å². The van der Waals surface area contributed by atoms with E-state index in [1.54, 1.807) is 0 Å². The van der Waals surface area contributed by atoms with Crippen LogP contribution in [0, 0.1) is 28.6 Å². The first-order valence-corrected chi connectivity index (χ1v) is 5.73. The van der Waals surface area contributed by atoms with Crippen molar-refractivity contribution >= 4 is 5.97 Å². The Morgan fingerprint density at radius 3 is 2.65 bits per heavy atom. The van der Waals surface area contributed by atoms with Gasteiger partial charge in [-0.25, -0.2) is 0 Å². The molecule has 0 aromatic heterocycles. The Morgan fingerprint density at radius 1 is 1.71 bits per heavy atom. The second-order valence-corrected chi connectivity index (χ2v) is 4.94. The maximum atomic E-state index is 11.9. The highest BCUT2D eigenvalue weighted by Crippen LogP contribution is 2.50. The fourth-order valence-corrected chi connectivity index (χ4v) is 2.95. The Morgan fingerprint density at radius 2 is 2.29 bits per heavy atom. The third-order valence-electron chi connectivity index (χ3n) is 3.58. The molecule has 4 nitrogen and oxygen atoms in total. The summed E-state index contributed by atoms with van der Waals surface area (Å²) in [5.41, 5.74) is 0.579. The van der Waals surface area contributed by atoms with Gasteiger partial charge in [0.1, 0.15) is 0 Å². The summed E-state index contributed by atoms with van der Waals surface area (Å²) in [6.07, 6.45) is 0.356. The number of aliphatic hydroxyl groups excluding tert-OH is 1. The Bertz CT molecular complexity index is 392. The molecule has 1 N–H and O–H groups in total. The zero-order chi connectivity index (χ0) is 13.2. The third-order valence-corrected chi connectivity index (χ3v) is 3.58. The van der Waals surface area contributed by atoms with E-state index >= 15 is 0 Å². The van der Waals surface area contributed by atoms with E-state index in [0.717, 1.165) is 11.1 Å². The van der Waals surface area contributed by atoms with Gasteiger partial charge >= 0.3 is 5.97 Å². The molecule has 0 aliphatic heterocycles. The van der Waals surface area contributed by atoms with Crippen LogP contribution in [0.5, 0.6) is 0 Å². The number of carbonyl (C=O) groups excluding carboxylic acids is 1. The molecule has 94 valence electrons. The van der Waals surface area contributed by atoms with Crippen LogP contribution in [0.3, 0.4) is 0 Å². The van der Waals surface area contributed by atoms with E-state index in [1.807, 2.05) is 20.8 Å². The van der Waals surface area contributed by atoms with Crippen molar-refractivity contribution < 1.29 is 14.6 Å². The number of rotatable bonds is 3. The number of carbonyl (C=O) groups is 1. The number of hydrogen-bond acceptors (Lipinski definition) is 4. The number of hydrogen-bond donors (Lipinski definition) is 1. The van der Waals surface area contributed by atoms with Gasteiger partial charge in [0.05, 0.1) is 19.8 Å². The van der Waals surface area contributed by atoms with E-state index in [4.69, 9.17) is 4.74 Å². The summed E-state index contributed by atoms with van der Waals surface area (Å²) in [6.45, 7) is 5.67. The van der Waals surface area contributed by atoms with Gasteiger partial charge in [-0.3, -0.25) is 4.79 Å². The third kappa shape index (κ3) is 1.96. The molecule has 0 spiro atoms. The first kappa shape index (κ1) is 13.7. The number of ether oxygens (including phenoxy) is 1. The van der Waals surface area contributed by atoms with Crippen molar-refractivity contribution in [1.29, 1.82) is 5.26 Å². The number of allylic oxidation sites excluding steroid dienone is 1. The molecule has 0 amide bonds. The van der Waals surface area contributed by atoms with Gasteiger partial charge in [-0.05, 0) is 24.8 Å². The lowest BCUT2D eigenvalue weighted by Crippen LogP contribution is -2.39. The lowest BCUT2D eigenvalue weighted by molar-refractivity contribution is -0.151. The maximum Gasteiger partial charge on any atom is 0.327 e. The molecule has 2 atom stereocenters. The highest BCUT2D eigenvalue weighted by Gasteiger charge is 2.54. The van der Waals surface area contributed by atoms with Crippen LogP contribution < -0.4 is 0 Å². The zero-order valence-electron chi connectivity index (χ0n) is 10.8. The molecule has 0 fully saturated rings. The Kier molecular flexibility index (Phi) is 3.94. The average Bonchev–Trinajstić information content (AvgIpc) is 2.61. The molecule has 1 aliphatic rings. The second kappa shape index (κ2) is 4.89. The molecule has 0 unspecified atom stereocenters. The quantitative estimate of drug-likeness (QED) is 0.598. The molecule has 0 bridgehead atoms. The standard InChI is InChI=1S/C13H19NO3/c1-8(2)11-10(6-15)9(3)5-13(11,7-14)12(16)17-4/h8,11,15H,5-6H2,1-4H3/t11-,13+/m1/s1. The largest absolute Gasteiger partial charge is 0.468 e. The van der Waals surface area contributed by atoms with E-state index in [0.29, 0.717) is 6.42 Å². The van der Waals surface area contributed by atoms with Crippen molar-refractivity contribution in [2.24, 2.45) is 17.3 Å². The summed E-state index contributed by atoms with van der Waals surface area (Å²) in [5.74, 6) is -0.653. The van der Waals surface area contributed by atoms with Crippen molar-refractivity contribution in [1.82, 2.24) is 0 Å². The number of aliphatic hydroxyl groups is 1. The van der Waals surface area contributed by atoms with E-state index in [1.165, 1.54) is 7.11 Å². The maximum absolute atomic E-state index is 11.9. The Balaban J connectivity index is 3.29. The predicted octanol–water partition coefficient (Wildman–Crippen LogP) is 1.65. The van der Waals surface area contributed by atoms with Crippen molar-refractivity contribution in [2.45, 2.75) is 27.2 Å². The molecular formula is C13H19NO3. The van der Waals surface area contributed by atoms with Gasteiger partial charge in [0.25, 0.3) is 0 Å². The van der Waals surface area contributed by atoms with Crippen LogP contribution >= 0.6 is 0 Å². The average molecular weight is 237 g/mol. The van der Waals surface area contributed by atoms with Crippen LogP contribution in [0.1, 0.15) is 27.2 Å². The fraction of sp³-hybridized carbons (Fsp3) is 0.692. The van der Waals surface area contributed by atoms with Gasteiger partial charge in [0, 0.05) is 5.92 Å². The van der Waals surface area contributed by atoms with Crippen LogP contribution in [-0.2, 0) is 9.53 Å². The molecule has 0 saturated carbocycles. The minimum atomic E-state index is -1.16. The Hall–Kier alpha value is -1.34. The van der Waals surface area contributed by atoms with E-state index < -0.39 is 11.4 Å². The van der Waals surface area contributed by atoms with Crippen LogP contribution in [0.25, 0.3) is 0 Å². The summed E-state index contributed by atoms with van der Waals surface area (Å²) in [5, 5.41) is 18.8. The molecular weight excluding hydrogens is 218 g/mol. The minimum Gasteiger partial charge on any atom is -0.468 e. The van der Waals surface area contributed by atoms with E-state index in [2.05, 4.69) is 6.07 Å². The van der Waals surface area contributed by atoms with Gasteiger partial charge in [0.2, 0.25) is 0 Å². The molecule has 4 heteroatoms. The Labute approximate surface area is 102 Å². The van der Waals surface area contributed by atoms with Crippen LogP contribution in [0.4, 0.5) is 0 Å². The molecule has 1 rings (SSSR count). The number of nitriles is 1. The molecule has 0 radical (unpaired) electrons. The summed E-state index contributed by atoms with van der Waals surface area (Å²) < 4.78 is 4.78. The predicted molar refractivity (Wildman–Crippen MR) is 62.8 cm³/mol. The molecule has 0 saturated heterocycles. The van der Waals surface area contributed by atoms with Crippen molar-refractivity contribution in [3.05, 3.63) is 11.1 Å². The first-order valence-electron chi connectivity index (χ1n) is 5.73. The lowest BCUT2D eigenvalue weighted by Gasteiger charge is -2.30. The number of methoxy groups -OCH3 is 1. The molecule has 1 aliphatic carbocycles.